The lowest BCUT2D eigenvalue weighted by Gasteiger charge is -2.15. The number of aliphatic carboxylic acids is 1. The van der Waals surface area contributed by atoms with Crippen molar-refractivity contribution in [3.63, 3.8) is 0 Å². The van der Waals surface area contributed by atoms with Crippen molar-refractivity contribution in [2.45, 2.75) is 32.1 Å². The number of carbonyl (C=O) groups is 1. The van der Waals surface area contributed by atoms with Gasteiger partial charge in [0.25, 0.3) is 0 Å². The lowest BCUT2D eigenvalue weighted by atomic mass is 9.93. The van der Waals surface area contributed by atoms with Crippen molar-refractivity contribution >= 4 is 21.9 Å². The van der Waals surface area contributed by atoms with E-state index in [-0.39, 0.29) is 12.3 Å². The van der Waals surface area contributed by atoms with Gasteiger partial charge in [-0.05, 0) is 35.6 Å². The summed E-state index contributed by atoms with van der Waals surface area (Å²) in [6, 6.07) is 4.12. The van der Waals surface area contributed by atoms with Crippen LogP contribution in [-0.2, 0) is 11.2 Å². The Labute approximate surface area is 109 Å². The second kappa shape index (κ2) is 5.08. The first kappa shape index (κ1) is 12.4. The van der Waals surface area contributed by atoms with Gasteiger partial charge in [0.2, 0.25) is 0 Å². The molecular formula is C13H15BrO3. The van der Waals surface area contributed by atoms with Gasteiger partial charge in [-0.3, -0.25) is 4.79 Å². The van der Waals surface area contributed by atoms with Gasteiger partial charge >= 0.3 is 5.97 Å². The van der Waals surface area contributed by atoms with E-state index in [2.05, 4.69) is 22.0 Å². The van der Waals surface area contributed by atoms with Crippen LogP contribution >= 0.6 is 15.9 Å². The molecule has 1 aliphatic heterocycles. The Balaban J connectivity index is 2.22. The summed E-state index contributed by atoms with van der Waals surface area (Å²) in [6.45, 7) is 2.77. The van der Waals surface area contributed by atoms with Crippen LogP contribution in [0.25, 0.3) is 0 Å². The molecule has 1 aliphatic rings. The highest BCUT2D eigenvalue weighted by molar-refractivity contribution is 9.10. The second-order valence-corrected chi connectivity index (χ2v) is 5.33. The van der Waals surface area contributed by atoms with E-state index in [0.29, 0.717) is 6.42 Å². The van der Waals surface area contributed by atoms with Gasteiger partial charge in [0.1, 0.15) is 5.75 Å². The van der Waals surface area contributed by atoms with Crippen LogP contribution in [0.2, 0.25) is 0 Å². The Hall–Kier alpha value is -1.03. The highest BCUT2D eigenvalue weighted by atomic mass is 79.9. The standard InChI is InChI=1S/C13H15BrO3/c1-8(2-3-12(15)16)11-7-10(14)6-9-4-5-17-13(9)11/h6-8H,2-5H2,1H3,(H,15,16). The summed E-state index contributed by atoms with van der Waals surface area (Å²) in [6.07, 6.45) is 1.78. The first-order valence-corrected chi connectivity index (χ1v) is 6.54. The van der Waals surface area contributed by atoms with Crippen LogP contribution in [-0.4, -0.2) is 17.7 Å². The quantitative estimate of drug-likeness (QED) is 0.927. The smallest absolute Gasteiger partial charge is 0.303 e. The first-order chi connectivity index (χ1) is 8.08. The van der Waals surface area contributed by atoms with Crippen molar-refractivity contribution in [1.29, 1.82) is 0 Å². The van der Waals surface area contributed by atoms with Crippen molar-refractivity contribution in [3.05, 3.63) is 27.7 Å². The molecule has 4 heteroatoms. The van der Waals surface area contributed by atoms with Crippen LogP contribution in [0.1, 0.15) is 36.8 Å². The first-order valence-electron chi connectivity index (χ1n) is 5.75. The number of carboxylic acid groups (broad SMARTS) is 1. The lowest BCUT2D eigenvalue weighted by molar-refractivity contribution is -0.137. The maximum Gasteiger partial charge on any atom is 0.303 e. The lowest BCUT2D eigenvalue weighted by Crippen LogP contribution is -2.02. The van der Waals surface area contributed by atoms with Crippen molar-refractivity contribution in [3.8, 4) is 5.75 Å². The molecule has 1 heterocycles. The van der Waals surface area contributed by atoms with Crippen LogP contribution in [0.5, 0.6) is 5.75 Å². The molecule has 0 saturated carbocycles. The van der Waals surface area contributed by atoms with E-state index in [1.807, 2.05) is 13.0 Å². The maximum atomic E-state index is 10.6. The molecule has 92 valence electrons. The van der Waals surface area contributed by atoms with Crippen molar-refractivity contribution < 1.29 is 14.6 Å². The Morgan fingerprint density at radius 1 is 1.59 bits per heavy atom. The third-order valence-corrected chi connectivity index (χ3v) is 3.56. The summed E-state index contributed by atoms with van der Waals surface area (Å²) in [7, 11) is 0. The number of hydrogen-bond acceptors (Lipinski definition) is 2. The highest BCUT2D eigenvalue weighted by Crippen LogP contribution is 2.38. The topological polar surface area (TPSA) is 46.5 Å². The van der Waals surface area contributed by atoms with Crippen molar-refractivity contribution in [1.82, 2.24) is 0 Å². The predicted octanol–water partition coefficient (Wildman–Crippen LogP) is 3.35. The van der Waals surface area contributed by atoms with Gasteiger partial charge in [-0.1, -0.05) is 22.9 Å². The molecule has 1 N–H and O–H groups in total. The summed E-state index contributed by atoms with van der Waals surface area (Å²) in [5.74, 6) is 0.422. The number of ether oxygens (including phenoxy) is 1. The van der Waals surface area contributed by atoms with E-state index in [1.54, 1.807) is 0 Å². The number of carboxylic acids is 1. The Morgan fingerprint density at radius 2 is 2.35 bits per heavy atom. The zero-order valence-electron chi connectivity index (χ0n) is 9.70. The zero-order valence-corrected chi connectivity index (χ0v) is 11.3. The molecule has 2 rings (SSSR count). The fourth-order valence-corrected chi connectivity index (χ4v) is 2.68. The molecule has 0 spiro atoms. The zero-order chi connectivity index (χ0) is 12.4. The number of benzene rings is 1. The van der Waals surface area contributed by atoms with Gasteiger partial charge in [0.05, 0.1) is 6.61 Å². The maximum absolute atomic E-state index is 10.6. The minimum absolute atomic E-state index is 0.197. The number of rotatable bonds is 4. The number of fused-ring (bicyclic) bond motifs is 1. The average Bonchev–Trinajstić information content (AvgIpc) is 2.72. The summed E-state index contributed by atoms with van der Waals surface area (Å²) < 4.78 is 6.68. The monoisotopic (exact) mass is 298 g/mol. The Bertz CT molecular complexity index is 443. The molecule has 1 aromatic carbocycles. The Kier molecular flexibility index (Phi) is 3.72. The van der Waals surface area contributed by atoms with Crippen LogP contribution in [0.15, 0.2) is 16.6 Å². The molecule has 0 bridgehead atoms. The van der Waals surface area contributed by atoms with E-state index in [0.717, 1.165) is 28.8 Å². The number of halogens is 1. The van der Waals surface area contributed by atoms with Crippen LogP contribution in [0.3, 0.4) is 0 Å². The molecule has 0 aliphatic carbocycles. The molecule has 1 unspecified atom stereocenters. The van der Waals surface area contributed by atoms with E-state index >= 15 is 0 Å². The van der Waals surface area contributed by atoms with Gasteiger partial charge in [0, 0.05) is 17.3 Å². The van der Waals surface area contributed by atoms with Crippen LogP contribution in [0, 0.1) is 0 Å². The largest absolute Gasteiger partial charge is 0.493 e. The molecule has 17 heavy (non-hydrogen) atoms. The number of hydrogen-bond donors (Lipinski definition) is 1. The minimum atomic E-state index is -0.746. The highest BCUT2D eigenvalue weighted by Gasteiger charge is 2.21. The van der Waals surface area contributed by atoms with Gasteiger partial charge in [-0.2, -0.15) is 0 Å². The molecule has 0 amide bonds. The summed E-state index contributed by atoms with van der Waals surface area (Å²) >= 11 is 3.49. The predicted molar refractivity (Wildman–Crippen MR) is 68.6 cm³/mol. The molecule has 1 atom stereocenters. The fourth-order valence-electron chi connectivity index (χ4n) is 2.16. The van der Waals surface area contributed by atoms with Gasteiger partial charge < -0.3 is 9.84 Å². The SMILES string of the molecule is CC(CCC(=O)O)c1cc(Br)cc2c1OCC2. The summed E-state index contributed by atoms with van der Waals surface area (Å²) in [5.41, 5.74) is 2.34. The summed E-state index contributed by atoms with van der Waals surface area (Å²) in [4.78, 5) is 10.6. The molecule has 0 fully saturated rings. The van der Waals surface area contributed by atoms with Crippen molar-refractivity contribution in [2.75, 3.05) is 6.61 Å². The van der Waals surface area contributed by atoms with E-state index in [4.69, 9.17) is 9.84 Å². The molecule has 0 aromatic heterocycles. The van der Waals surface area contributed by atoms with Crippen molar-refractivity contribution in [2.24, 2.45) is 0 Å². The molecule has 1 aromatic rings. The van der Waals surface area contributed by atoms with Gasteiger partial charge in [-0.25, -0.2) is 0 Å². The van der Waals surface area contributed by atoms with Gasteiger partial charge in [0.15, 0.2) is 0 Å². The molecule has 0 saturated heterocycles. The van der Waals surface area contributed by atoms with E-state index < -0.39 is 5.97 Å². The summed E-state index contributed by atoms with van der Waals surface area (Å²) in [5, 5.41) is 8.72. The van der Waals surface area contributed by atoms with E-state index in [1.165, 1.54) is 5.56 Å². The third-order valence-electron chi connectivity index (χ3n) is 3.10. The van der Waals surface area contributed by atoms with Gasteiger partial charge in [-0.15, -0.1) is 0 Å². The Morgan fingerprint density at radius 3 is 3.06 bits per heavy atom. The normalized spacial score (nSPS) is 15.2. The molecule has 3 nitrogen and oxygen atoms in total. The van der Waals surface area contributed by atoms with E-state index in [9.17, 15) is 4.79 Å². The molecular weight excluding hydrogens is 284 g/mol. The fraction of sp³-hybridized carbons (Fsp3) is 0.462. The third kappa shape index (κ3) is 2.80. The minimum Gasteiger partial charge on any atom is -0.493 e. The average molecular weight is 299 g/mol. The van der Waals surface area contributed by atoms with Crippen LogP contribution in [0.4, 0.5) is 0 Å². The molecule has 0 radical (unpaired) electrons. The van der Waals surface area contributed by atoms with Crippen LogP contribution < -0.4 is 4.74 Å². The second-order valence-electron chi connectivity index (χ2n) is 4.42.